The zero-order valence-corrected chi connectivity index (χ0v) is 16.9. The topological polar surface area (TPSA) is 75.9 Å². The van der Waals surface area contributed by atoms with Crippen LogP contribution in [0.5, 0.6) is 0 Å². The number of carbonyl (C=O) groups excluding carboxylic acids is 2. The quantitative estimate of drug-likeness (QED) is 0.755. The lowest BCUT2D eigenvalue weighted by Gasteiger charge is -2.25. The lowest BCUT2D eigenvalue weighted by atomic mass is 10.0. The molecule has 2 aromatic carbocycles. The Balaban J connectivity index is 1.69. The first kappa shape index (κ1) is 21.2. The molecule has 0 radical (unpaired) electrons. The molecule has 2 aromatic rings. The minimum Gasteiger partial charge on any atom is -0.447 e. The van der Waals surface area contributed by atoms with Crippen molar-refractivity contribution in [3.8, 4) is 0 Å². The van der Waals surface area contributed by atoms with Gasteiger partial charge in [-0.3, -0.25) is 14.6 Å². The van der Waals surface area contributed by atoms with Gasteiger partial charge in [-0.1, -0.05) is 25.1 Å². The molecule has 31 heavy (non-hydrogen) atoms. The second-order valence-corrected chi connectivity index (χ2v) is 7.86. The summed E-state index contributed by atoms with van der Waals surface area (Å²) >= 11 is 0. The molecule has 0 bridgehead atoms. The molecular formula is C22H22F3N3O3. The molecule has 164 valence electrons. The van der Waals surface area contributed by atoms with Crippen molar-refractivity contribution in [3.63, 3.8) is 0 Å². The molecule has 0 spiro atoms. The molecule has 1 heterocycles. The van der Waals surface area contributed by atoms with Crippen LogP contribution in [0.25, 0.3) is 0 Å². The highest BCUT2D eigenvalue weighted by Gasteiger charge is 2.50. The van der Waals surface area contributed by atoms with E-state index in [4.69, 9.17) is 10.5 Å². The fourth-order valence-corrected chi connectivity index (χ4v) is 3.96. The van der Waals surface area contributed by atoms with Gasteiger partial charge in [-0.2, -0.15) is 13.2 Å². The first-order valence-corrected chi connectivity index (χ1v) is 9.98. The van der Waals surface area contributed by atoms with Gasteiger partial charge in [0.2, 0.25) is 0 Å². The van der Waals surface area contributed by atoms with Crippen molar-refractivity contribution in [1.82, 2.24) is 0 Å². The summed E-state index contributed by atoms with van der Waals surface area (Å²) in [6.07, 6.45) is -4.03. The molecule has 1 aliphatic heterocycles. The van der Waals surface area contributed by atoms with Crippen molar-refractivity contribution < 1.29 is 27.5 Å². The van der Waals surface area contributed by atoms with Crippen molar-refractivity contribution in [2.24, 2.45) is 5.73 Å². The van der Waals surface area contributed by atoms with Gasteiger partial charge >= 0.3 is 18.2 Å². The smallest absolute Gasteiger partial charge is 0.447 e. The van der Waals surface area contributed by atoms with Crippen LogP contribution in [0.2, 0.25) is 0 Å². The van der Waals surface area contributed by atoms with Gasteiger partial charge in [-0.05, 0) is 48.7 Å². The Morgan fingerprint density at radius 3 is 2.48 bits per heavy atom. The normalized spacial score (nSPS) is 22.9. The van der Waals surface area contributed by atoms with Crippen molar-refractivity contribution >= 4 is 29.1 Å². The van der Waals surface area contributed by atoms with E-state index in [0.717, 1.165) is 18.4 Å². The van der Waals surface area contributed by atoms with Crippen molar-refractivity contribution in [2.75, 3.05) is 23.0 Å². The van der Waals surface area contributed by atoms with Gasteiger partial charge < -0.3 is 10.5 Å². The lowest BCUT2D eigenvalue weighted by molar-refractivity contribution is -0.169. The van der Waals surface area contributed by atoms with Crippen molar-refractivity contribution in [1.29, 1.82) is 0 Å². The number of hydrogen-bond donors (Lipinski definition) is 1. The molecule has 9 heteroatoms. The zero-order chi connectivity index (χ0) is 22.4. The third-order valence-electron chi connectivity index (χ3n) is 5.94. The molecule has 2 unspecified atom stereocenters. The van der Waals surface area contributed by atoms with Gasteiger partial charge in [0.15, 0.2) is 0 Å². The predicted molar refractivity (Wildman–Crippen MR) is 109 cm³/mol. The number of benzene rings is 2. The number of carbonyl (C=O) groups is 2. The molecule has 6 nitrogen and oxygen atoms in total. The Morgan fingerprint density at radius 2 is 1.94 bits per heavy atom. The SMILES string of the molecule is CCC1(N)CC1c1ccc(N(C(=O)C(F)(F)F)c2cccc(N3CCOC3=O)c2)cc1. The molecular weight excluding hydrogens is 411 g/mol. The van der Waals surface area contributed by atoms with Gasteiger partial charge in [0, 0.05) is 22.8 Å². The Kier molecular flexibility index (Phi) is 5.17. The van der Waals surface area contributed by atoms with Gasteiger partial charge in [0.05, 0.1) is 12.2 Å². The fourth-order valence-electron chi connectivity index (χ4n) is 3.96. The maximum Gasteiger partial charge on any atom is 0.472 e. The number of anilines is 3. The number of nitrogens with two attached hydrogens (primary N) is 1. The third kappa shape index (κ3) is 3.97. The summed E-state index contributed by atoms with van der Waals surface area (Å²) in [5, 5.41) is 0. The van der Waals surface area contributed by atoms with Crippen LogP contribution in [0.15, 0.2) is 48.5 Å². The summed E-state index contributed by atoms with van der Waals surface area (Å²) < 4.78 is 45.1. The van der Waals surface area contributed by atoms with Crippen LogP contribution in [0.4, 0.5) is 35.0 Å². The largest absolute Gasteiger partial charge is 0.472 e. The number of alkyl halides is 3. The number of hydrogen-bond acceptors (Lipinski definition) is 4. The van der Waals surface area contributed by atoms with E-state index in [2.05, 4.69) is 0 Å². The van der Waals surface area contributed by atoms with E-state index < -0.39 is 18.2 Å². The van der Waals surface area contributed by atoms with Crippen LogP contribution in [0, 0.1) is 0 Å². The predicted octanol–water partition coefficient (Wildman–Crippen LogP) is 4.47. The molecule has 1 saturated carbocycles. The first-order chi connectivity index (χ1) is 14.6. The zero-order valence-electron chi connectivity index (χ0n) is 16.9. The molecule has 1 saturated heterocycles. The number of amides is 2. The number of ether oxygens (including phenoxy) is 1. The summed E-state index contributed by atoms with van der Waals surface area (Å²) in [7, 11) is 0. The molecule has 2 N–H and O–H groups in total. The van der Waals surface area contributed by atoms with Crippen molar-refractivity contribution in [3.05, 3.63) is 54.1 Å². The van der Waals surface area contributed by atoms with E-state index in [9.17, 15) is 22.8 Å². The second kappa shape index (κ2) is 7.56. The molecule has 2 amide bonds. The maximum absolute atomic E-state index is 13.4. The molecule has 2 atom stereocenters. The number of rotatable bonds is 5. The Hall–Kier alpha value is -3.07. The average molecular weight is 433 g/mol. The van der Waals surface area contributed by atoms with Crippen LogP contribution >= 0.6 is 0 Å². The van der Waals surface area contributed by atoms with E-state index in [-0.39, 0.29) is 36.0 Å². The van der Waals surface area contributed by atoms with E-state index in [1.54, 1.807) is 18.2 Å². The highest BCUT2D eigenvalue weighted by molar-refractivity contribution is 6.04. The summed E-state index contributed by atoms with van der Waals surface area (Å²) in [6.45, 7) is 2.47. The summed E-state index contributed by atoms with van der Waals surface area (Å²) in [5.74, 6) is -1.86. The Labute approximate surface area is 177 Å². The molecule has 2 fully saturated rings. The van der Waals surface area contributed by atoms with Crippen LogP contribution < -0.4 is 15.5 Å². The number of nitrogens with zero attached hydrogens (tertiary/aromatic N) is 2. The second-order valence-electron chi connectivity index (χ2n) is 7.86. The van der Waals surface area contributed by atoms with Gasteiger partial charge in [-0.15, -0.1) is 0 Å². The van der Waals surface area contributed by atoms with Gasteiger partial charge in [0.25, 0.3) is 0 Å². The maximum atomic E-state index is 13.4. The van der Waals surface area contributed by atoms with E-state index >= 15 is 0 Å². The summed E-state index contributed by atoms with van der Waals surface area (Å²) in [4.78, 5) is 26.1. The highest BCUT2D eigenvalue weighted by atomic mass is 19.4. The minimum atomic E-state index is -5.08. The average Bonchev–Trinajstić information content (AvgIpc) is 3.24. The summed E-state index contributed by atoms with van der Waals surface area (Å²) in [6, 6.07) is 12.2. The molecule has 4 rings (SSSR count). The van der Waals surface area contributed by atoms with Crippen LogP contribution in [-0.4, -0.2) is 36.9 Å². The van der Waals surface area contributed by atoms with Gasteiger partial charge in [-0.25, -0.2) is 4.79 Å². The number of cyclic esters (lactones) is 1. The van der Waals surface area contributed by atoms with Crippen molar-refractivity contribution in [2.45, 2.75) is 37.4 Å². The standard InChI is InChI=1S/C22H22F3N3O3/c1-2-21(26)13-18(21)14-6-8-15(9-7-14)28(19(29)22(23,24)25)17-5-3-4-16(12-17)27-10-11-31-20(27)30/h3-9,12,18H,2,10-11,13,26H2,1H3. The lowest BCUT2D eigenvalue weighted by Crippen LogP contribution is -2.38. The Bertz CT molecular complexity index is 1010. The van der Waals surface area contributed by atoms with Crippen LogP contribution in [0.3, 0.4) is 0 Å². The van der Waals surface area contributed by atoms with Crippen LogP contribution in [0.1, 0.15) is 31.2 Å². The monoisotopic (exact) mass is 433 g/mol. The van der Waals surface area contributed by atoms with E-state index in [1.165, 1.54) is 35.2 Å². The minimum absolute atomic E-state index is 0.000395. The fraction of sp³-hybridized carbons (Fsp3) is 0.364. The summed E-state index contributed by atoms with van der Waals surface area (Å²) in [5.41, 5.74) is 7.33. The molecule has 0 aromatic heterocycles. The van der Waals surface area contributed by atoms with E-state index in [0.29, 0.717) is 10.6 Å². The van der Waals surface area contributed by atoms with Crippen LogP contribution in [-0.2, 0) is 9.53 Å². The third-order valence-corrected chi connectivity index (χ3v) is 5.94. The highest BCUT2D eigenvalue weighted by Crippen LogP contribution is 2.51. The number of halogens is 3. The molecule has 2 aliphatic rings. The first-order valence-electron chi connectivity index (χ1n) is 9.98. The van der Waals surface area contributed by atoms with Gasteiger partial charge in [0.1, 0.15) is 6.61 Å². The van der Waals surface area contributed by atoms with E-state index in [1.807, 2.05) is 6.92 Å². The Morgan fingerprint density at radius 1 is 1.23 bits per heavy atom. The molecule has 1 aliphatic carbocycles.